The summed E-state index contributed by atoms with van der Waals surface area (Å²) in [5, 5.41) is 9.93. The van der Waals surface area contributed by atoms with Crippen LogP contribution in [0.2, 0.25) is 0 Å². The molecular formula is C29H33F3O5. The van der Waals surface area contributed by atoms with E-state index in [1.54, 1.807) is 30.3 Å². The van der Waals surface area contributed by atoms with E-state index in [2.05, 4.69) is 20.8 Å². The fraction of sp³-hybridized carbons (Fsp3) is 0.448. The van der Waals surface area contributed by atoms with E-state index in [-0.39, 0.29) is 30.8 Å². The Balaban J connectivity index is 1.63. The second-order valence-corrected chi connectivity index (χ2v) is 11.0. The maximum absolute atomic E-state index is 12.8. The number of aliphatic hydroxyl groups is 1. The number of esters is 2. The van der Waals surface area contributed by atoms with Gasteiger partial charge < -0.3 is 14.6 Å². The zero-order valence-corrected chi connectivity index (χ0v) is 21.5. The monoisotopic (exact) mass is 518 g/mol. The van der Waals surface area contributed by atoms with Crippen LogP contribution in [0.15, 0.2) is 54.1 Å². The lowest BCUT2D eigenvalue weighted by molar-refractivity contribution is -0.166. The van der Waals surface area contributed by atoms with Crippen LogP contribution in [0.5, 0.6) is 0 Å². The van der Waals surface area contributed by atoms with E-state index in [4.69, 9.17) is 9.47 Å². The summed E-state index contributed by atoms with van der Waals surface area (Å²) in [5.41, 5.74) is 0.412. The summed E-state index contributed by atoms with van der Waals surface area (Å²) >= 11 is 0. The second kappa shape index (κ2) is 11.1. The molecule has 3 rings (SSSR count). The van der Waals surface area contributed by atoms with Crippen LogP contribution in [0.4, 0.5) is 13.2 Å². The summed E-state index contributed by atoms with van der Waals surface area (Å²) in [6.07, 6.45) is -1.60. The summed E-state index contributed by atoms with van der Waals surface area (Å²) in [6.45, 7) is 7.55. The largest absolute Gasteiger partial charge is 0.461 e. The minimum Gasteiger partial charge on any atom is -0.461 e. The van der Waals surface area contributed by atoms with Crippen LogP contribution in [0.3, 0.4) is 0 Å². The van der Waals surface area contributed by atoms with Crippen LogP contribution in [0.1, 0.15) is 58.1 Å². The predicted octanol–water partition coefficient (Wildman–Crippen LogP) is 6.44. The predicted molar refractivity (Wildman–Crippen MR) is 134 cm³/mol. The lowest BCUT2D eigenvalue weighted by Crippen LogP contribution is -2.39. The highest BCUT2D eigenvalue weighted by molar-refractivity contribution is 5.96. The number of ether oxygens (including phenoxy) is 2. The Labute approximate surface area is 215 Å². The van der Waals surface area contributed by atoms with Gasteiger partial charge in [-0.15, -0.1) is 0 Å². The Kier molecular flexibility index (Phi) is 8.52. The lowest BCUT2D eigenvalue weighted by Gasteiger charge is -2.25. The molecule has 1 saturated heterocycles. The van der Waals surface area contributed by atoms with Crippen molar-refractivity contribution in [3.63, 3.8) is 0 Å². The Morgan fingerprint density at radius 2 is 1.65 bits per heavy atom. The quantitative estimate of drug-likeness (QED) is 0.322. The molecule has 0 saturated carbocycles. The van der Waals surface area contributed by atoms with E-state index in [0.29, 0.717) is 16.7 Å². The highest BCUT2D eigenvalue weighted by Crippen LogP contribution is 2.34. The normalized spacial score (nSPS) is 20.1. The van der Waals surface area contributed by atoms with Gasteiger partial charge in [-0.2, -0.15) is 13.2 Å². The summed E-state index contributed by atoms with van der Waals surface area (Å²) in [5.74, 6) is -0.875. The molecule has 0 aromatic heterocycles. The van der Waals surface area contributed by atoms with Gasteiger partial charge in [0.15, 0.2) is 5.60 Å². The minimum atomic E-state index is -4.39. The molecule has 0 spiro atoms. The van der Waals surface area contributed by atoms with Crippen molar-refractivity contribution in [2.24, 2.45) is 11.3 Å². The first kappa shape index (κ1) is 28.4. The first-order valence-corrected chi connectivity index (χ1v) is 12.2. The number of hydrogen-bond acceptors (Lipinski definition) is 5. The first-order chi connectivity index (χ1) is 17.2. The molecule has 1 aliphatic heterocycles. The molecule has 0 amide bonds. The molecule has 1 aliphatic rings. The van der Waals surface area contributed by atoms with Gasteiger partial charge in [0.05, 0.1) is 12.2 Å². The van der Waals surface area contributed by atoms with Gasteiger partial charge in [0.25, 0.3) is 0 Å². The third-order valence-corrected chi connectivity index (χ3v) is 6.14. The molecule has 1 heterocycles. The molecule has 200 valence electrons. The average Bonchev–Trinajstić information content (AvgIpc) is 3.12. The zero-order valence-electron chi connectivity index (χ0n) is 21.5. The Bertz CT molecular complexity index is 1130. The van der Waals surface area contributed by atoms with Crippen LogP contribution in [-0.4, -0.2) is 35.9 Å². The molecular weight excluding hydrogens is 485 g/mol. The summed E-state index contributed by atoms with van der Waals surface area (Å²) < 4.78 is 49.2. The summed E-state index contributed by atoms with van der Waals surface area (Å²) in [7, 11) is 0. The standard InChI is InChI=1S/C29H33F3O5/c1-19(15-27(2,3)4)13-25(34)36-18-28(17-33)16-23(26(35)37-28)14-20-5-7-21(8-6-20)22-9-11-24(12-10-22)29(30,31)32/h5-12,14,19,33H,13,15-18H2,1-4H3/b23-14+. The average molecular weight is 519 g/mol. The molecule has 2 aromatic carbocycles. The molecule has 0 radical (unpaired) electrons. The van der Waals surface area contributed by atoms with Crippen molar-refractivity contribution in [2.45, 2.75) is 58.7 Å². The number of alkyl halides is 3. The van der Waals surface area contributed by atoms with Crippen LogP contribution in [0, 0.1) is 11.3 Å². The van der Waals surface area contributed by atoms with Crippen LogP contribution < -0.4 is 0 Å². The molecule has 2 atom stereocenters. The second-order valence-electron chi connectivity index (χ2n) is 11.0. The minimum absolute atomic E-state index is 0.0772. The third kappa shape index (κ3) is 7.92. The Morgan fingerprint density at radius 1 is 1.08 bits per heavy atom. The van der Waals surface area contributed by atoms with Crippen molar-refractivity contribution in [3.8, 4) is 11.1 Å². The highest BCUT2D eigenvalue weighted by Gasteiger charge is 2.44. The molecule has 1 N–H and O–H groups in total. The SMILES string of the molecule is CC(CC(=O)OCC1(CO)C/C(=C\c2ccc(-c3ccc(C(F)(F)F)cc3)cc2)C(=O)O1)CC(C)(C)C. The smallest absolute Gasteiger partial charge is 0.416 e. The van der Waals surface area contributed by atoms with Gasteiger partial charge in [-0.25, -0.2) is 4.79 Å². The maximum atomic E-state index is 12.8. The van der Waals surface area contributed by atoms with Crippen molar-refractivity contribution in [2.75, 3.05) is 13.2 Å². The zero-order chi connectivity index (χ0) is 27.4. The van der Waals surface area contributed by atoms with Crippen molar-refractivity contribution in [1.82, 2.24) is 0 Å². The number of hydrogen-bond donors (Lipinski definition) is 1. The third-order valence-electron chi connectivity index (χ3n) is 6.14. The Hall–Kier alpha value is -3.13. The number of halogens is 3. The van der Waals surface area contributed by atoms with Gasteiger partial charge >= 0.3 is 18.1 Å². The van der Waals surface area contributed by atoms with Crippen molar-refractivity contribution < 1.29 is 37.3 Å². The molecule has 0 aliphatic carbocycles. The maximum Gasteiger partial charge on any atom is 0.416 e. The fourth-order valence-corrected chi connectivity index (χ4v) is 4.54. The van der Waals surface area contributed by atoms with E-state index in [1.807, 2.05) is 6.92 Å². The van der Waals surface area contributed by atoms with Crippen LogP contribution in [-0.2, 0) is 25.2 Å². The van der Waals surface area contributed by atoms with Gasteiger partial charge in [0.2, 0.25) is 0 Å². The van der Waals surface area contributed by atoms with E-state index in [0.717, 1.165) is 24.1 Å². The fourth-order valence-electron chi connectivity index (χ4n) is 4.54. The molecule has 2 unspecified atom stereocenters. The topological polar surface area (TPSA) is 72.8 Å². The molecule has 1 fully saturated rings. The number of cyclic esters (lactones) is 1. The number of benzene rings is 2. The van der Waals surface area contributed by atoms with E-state index in [1.165, 1.54) is 12.1 Å². The first-order valence-electron chi connectivity index (χ1n) is 12.2. The van der Waals surface area contributed by atoms with Gasteiger partial charge in [0, 0.05) is 18.4 Å². The molecule has 0 bridgehead atoms. The van der Waals surface area contributed by atoms with E-state index < -0.39 is 35.9 Å². The van der Waals surface area contributed by atoms with Gasteiger partial charge in [-0.05, 0) is 52.7 Å². The van der Waals surface area contributed by atoms with Gasteiger partial charge in [0.1, 0.15) is 6.61 Å². The van der Waals surface area contributed by atoms with Crippen LogP contribution in [0.25, 0.3) is 17.2 Å². The number of carbonyl (C=O) groups is 2. The number of aliphatic hydroxyl groups excluding tert-OH is 1. The summed E-state index contributed by atoms with van der Waals surface area (Å²) in [4.78, 5) is 24.8. The molecule has 5 nitrogen and oxygen atoms in total. The number of carbonyl (C=O) groups excluding carboxylic acids is 2. The van der Waals surface area contributed by atoms with Crippen molar-refractivity contribution in [3.05, 3.63) is 65.2 Å². The lowest BCUT2D eigenvalue weighted by atomic mass is 9.84. The number of rotatable bonds is 8. The van der Waals surface area contributed by atoms with Gasteiger partial charge in [-0.3, -0.25) is 4.79 Å². The van der Waals surface area contributed by atoms with Crippen molar-refractivity contribution >= 4 is 18.0 Å². The van der Waals surface area contributed by atoms with Gasteiger partial charge in [-0.1, -0.05) is 64.1 Å². The molecule has 37 heavy (non-hydrogen) atoms. The molecule has 8 heteroatoms. The Morgan fingerprint density at radius 3 is 2.16 bits per heavy atom. The van der Waals surface area contributed by atoms with E-state index in [9.17, 15) is 27.9 Å². The van der Waals surface area contributed by atoms with Crippen molar-refractivity contribution in [1.29, 1.82) is 0 Å². The van der Waals surface area contributed by atoms with E-state index >= 15 is 0 Å². The summed E-state index contributed by atoms with van der Waals surface area (Å²) in [6, 6.07) is 11.9. The highest BCUT2D eigenvalue weighted by atomic mass is 19.4. The molecule has 2 aromatic rings. The van der Waals surface area contributed by atoms with Crippen LogP contribution >= 0.6 is 0 Å².